The van der Waals surface area contributed by atoms with Crippen LogP contribution >= 0.6 is 46.1 Å². The summed E-state index contributed by atoms with van der Waals surface area (Å²) in [7, 11) is 0. The quantitative estimate of drug-likeness (QED) is 0.519. The van der Waals surface area contributed by atoms with Gasteiger partial charge in [0.05, 0.1) is 32.9 Å². The maximum Gasteiger partial charge on any atom is 0.0831 e. The van der Waals surface area contributed by atoms with Crippen LogP contribution < -0.4 is 0 Å². The highest BCUT2D eigenvalue weighted by molar-refractivity contribution is 14.1. The Morgan fingerprint density at radius 2 is 1.85 bits per heavy atom. The van der Waals surface area contributed by atoms with Crippen LogP contribution in [0.1, 0.15) is 19.4 Å². The van der Waals surface area contributed by atoms with Crippen molar-refractivity contribution in [3.05, 3.63) is 33.8 Å². The summed E-state index contributed by atoms with van der Waals surface area (Å²) in [6, 6.07) is 5.37. The minimum Gasteiger partial charge on any atom is -0.223 e. The van der Waals surface area contributed by atoms with Crippen molar-refractivity contribution in [2.24, 2.45) is 3.21 Å². The van der Waals surface area contributed by atoms with Crippen molar-refractivity contribution in [3.8, 4) is 0 Å². The van der Waals surface area contributed by atoms with Gasteiger partial charge in [0.25, 0.3) is 0 Å². The summed E-state index contributed by atoms with van der Waals surface area (Å²) in [5, 5.41) is 1.12. The van der Waals surface area contributed by atoms with Crippen LogP contribution in [0, 0.1) is 0 Å². The maximum atomic E-state index is 5.75. The van der Waals surface area contributed by atoms with Gasteiger partial charge in [-0.3, -0.25) is 0 Å². The zero-order valence-electron chi connectivity index (χ0n) is 7.39. The summed E-state index contributed by atoms with van der Waals surface area (Å²) in [4.78, 5) is 0. The highest BCUT2D eigenvalue weighted by Crippen LogP contribution is 2.21. The van der Waals surface area contributed by atoms with Gasteiger partial charge in [-0.25, -0.2) is 3.21 Å². The summed E-state index contributed by atoms with van der Waals surface area (Å²) in [6.45, 7) is 4.00. The molecule has 0 aliphatic heterocycles. The normalized spacial score (nSPS) is 9.62. The van der Waals surface area contributed by atoms with Gasteiger partial charge in [-0.05, 0) is 17.7 Å². The predicted molar refractivity (Wildman–Crippen MR) is 69.4 cm³/mol. The van der Waals surface area contributed by atoms with E-state index in [0.29, 0.717) is 10.0 Å². The van der Waals surface area contributed by atoms with E-state index in [1.807, 2.05) is 42.8 Å². The molecule has 0 fully saturated rings. The number of nitrogens with zero attached hydrogens (tertiary/aromatic N) is 1. The molecule has 0 unspecified atom stereocenters. The van der Waals surface area contributed by atoms with Crippen molar-refractivity contribution in [2.75, 3.05) is 0 Å². The molecule has 1 aromatic rings. The average Bonchev–Trinajstić information content (AvgIpc) is 2.15. The molecule has 0 aliphatic rings. The smallest absolute Gasteiger partial charge is 0.0831 e. The average molecular weight is 330 g/mol. The standard InChI is InChI=1S/C7H4Cl2IN.C2H6/c8-6-2-1-5(4-11-10)3-7(6)9;1-2/h1-4H;1-2H3/b11-4+;. The van der Waals surface area contributed by atoms with E-state index in [-0.39, 0.29) is 0 Å². The molecule has 0 saturated heterocycles. The highest BCUT2D eigenvalue weighted by Gasteiger charge is 1.96. The fourth-order valence-corrected chi connectivity index (χ4v) is 1.28. The monoisotopic (exact) mass is 329 g/mol. The van der Waals surface area contributed by atoms with Gasteiger partial charge in [-0.15, -0.1) is 0 Å². The van der Waals surface area contributed by atoms with E-state index in [1.165, 1.54) is 0 Å². The Bertz CT molecular complexity index is 287. The second kappa shape index (κ2) is 7.59. The summed E-state index contributed by atoms with van der Waals surface area (Å²) >= 11 is 13.4. The molecular weight excluding hydrogens is 320 g/mol. The Morgan fingerprint density at radius 3 is 2.31 bits per heavy atom. The second-order valence-corrected chi connectivity index (χ2v) is 3.27. The molecule has 0 N–H and O–H groups in total. The van der Waals surface area contributed by atoms with Gasteiger partial charge >= 0.3 is 0 Å². The zero-order chi connectivity index (χ0) is 10.3. The number of rotatable bonds is 1. The van der Waals surface area contributed by atoms with Gasteiger partial charge in [-0.1, -0.05) is 43.1 Å². The first-order valence-corrected chi connectivity index (χ1v) is 5.55. The zero-order valence-corrected chi connectivity index (χ0v) is 11.1. The minimum atomic E-state index is 0.556. The maximum absolute atomic E-state index is 5.75. The Labute approximate surface area is 103 Å². The minimum absolute atomic E-state index is 0.556. The molecule has 0 atom stereocenters. The lowest BCUT2D eigenvalue weighted by atomic mass is 10.2. The molecule has 0 saturated carbocycles. The van der Waals surface area contributed by atoms with Crippen LogP contribution in [0.3, 0.4) is 0 Å². The topological polar surface area (TPSA) is 12.4 Å². The van der Waals surface area contributed by atoms with E-state index in [4.69, 9.17) is 23.2 Å². The Morgan fingerprint density at radius 1 is 1.23 bits per heavy atom. The lowest BCUT2D eigenvalue weighted by Gasteiger charge is -1.95. The molecule has 1 aromatic carbocycles. The summed E-state index contributed by atoms with van der Waals surface area (Å²) in [5.74, 6) is 0. The third-order valence-electron chi connectivity index (χ3n) is 1.14. The molecule has 0 aliphatic carbocycles. The lowest BCUT2D eigenvalue weighted by Crippen LogP contribution is -1.78. The van der Waals surface area contributed by atoms with Gasteiger partial charge in [-0.2, -0.15) is 0 Å². The van der Waals surface area contributed by atoms with E-state index in [2.05, 4.69) is 3.21 Å². The molecule has 0 radical (unpaired) electrons. The van der Waals surface area contributed by atoms with Gasteiger partial charge in [0.1, 0.15) is 0 Å². The first-order chi connectivity index (χ1) is 6.24. The summed E-state index contributed by atoms with van der Waals surface area (Å²) in [5.41, 5.74) is 0.953. The van der Waals surface area contributed by atoms with Gasteiger partial charge < -0.3 is 0 Å². The molecule has 0 amide bonds. The first-order valence-electron chi connectivity index (χ1n) is 3.83. The van der Waals surface area contributed by atoms with Crippen molar-refractivity contribution in [2.45, 2.75) is 13.8 Å². The predicted octanol–water partition coefficient (Wildman–Crippen LogP) is 4.79. The molecule has 0 heterocycles. The highest BCUT2D eigenvalue weighted by atomic mass is 127. The summed E-state index contributed by atoms with van der Waals surface area (Å²) in [6.07, 6.45) is 1.71. The van der Waals surface area contributed by atoms with E-state index < -0.39 is 0 Å². The molecule has 0 bridgehead atoms. The lowest BCUT2D eigenvalue weighted by molar-refractivity contribution is 1.50. The fraction of sp³-hybridized carbons (Fsp3) is 0.222. The third kappa shape index (κ3) is 4.84. The first kappa shape index (κ1) is 13.2. The van der Waals surface area contributed by atoms with Gasteiger partial charge in [0, 0.05) is 6.21 Å². The Hall–Kier alpha value is 0.200. The van der Waals surface area contributed by atoms with Crippen molar-refractivity contribution in [3.63, 3.8) is 0 Å². The number of halogens is 3. The van der Waals surface area contributed by atoms with E-state index >= 15 is 0 Å². The van der Waals surface area contributed by atoms with Gasteiger partial charge in [0.2, 0.25) is 0 Å². The summed E-state index contributed by atoms with van der Waals surface area (Å²) < 4.78 is 3.82. The van der Waals surface area contributed by atoms with E-state index in [1.54, 1.807) is 18.3 Å². The van der Waals surface area contributed by atoms with Crippen LogP contribution in [0.25, 0.3) is 0 Å². The van der Waals surface area contributed by atoms with E-state index in [9.17, 15) is 0 Å². The number of benzene rings is 1. The fourth-order valence-electron chi connectivity index (χ4n) is 0.649. The van der Waals surface area contributed by atoms with Crippen LogP contribution in [-0.4, -0.2) is 6.21 Å². The third-order valence-corrected chi connectivity index (χ3v) is 2.16. The number of hydrogen-bond donors (Lipinski definition) is 0. The molecule has 72 valence electrons. The van der Waals surface area contributed by atoms with Gasteiger partial charge in [0.15, 0.2) is 0 Å². The van der Waals surface area contributed by atoms with Crippen LogP contribution in [0.5, 0.6) is 0 Å². The molecular formula is C9H10Cl2IN. The van der Waals surface area contributed by atoms with Crippen LogP contribution in [-0.2, 0) is 0 Å². The van der Waals surface area contributed by atoms with Crippen LogP contribution in [0.2, 0.25) is 10.0 Å². The molecule has 13 heavy (non-hydrogen) atoms. The molecule has 0 aromatic heterocycles. The number of hydrogen-bond acceptors (Lipinski definition) is 1. The van der Waals surface area contributed by atoms with Crippen LogP contribution in [0.15, 0.2) is 21.4 Å². The van der Waals surface area contributed by atoms with Crippen molar-refractivity contribution >= 4 is 52.3 Å². The van der Waals surface area contributed by atoms with E-state index in [0.717, 1.165) is 5.56 Å². The van der Waals surface area contributed by atoms with Crippen molar-refractivity contribution in [1.29, 1.82) is 0 Å². The Balaban J connectivity index is 0.000000671. The van der Waals surface area contributed by atoms with Crippen LogP contribution in [0.4, 0.5) is 0 Å². The Kier molecular flexibility index (Phi) is 7.71. The molecule has 4 heteroatoms. The molecule has 1 nitrogen and oxygen atoms in total. The molecule has 0 spiro atoms. The largest absolute Gasteiger partial charge is 0.223 e. The molecule has 1 rings (SSSR count). The van der Waals surface area contributed by atoms with Crippen molar-refractivity contribution in [1.82, 2.24) is 0 Å². The second-order valence-electron chi connectivity index (χ2n) is 1.90. The van der Waals surface area contributed by atoms with Crippen molar-refractivity contribution < 1.29 is 0 Å². The SMILES string of the molecule is CC.Clc1ccc(/C=N/I)cc1Cl.